The number of hydrogen-bond acceptors (Lipinski definition) is 3. The van der Waals surface area contributed by atoms with E-state index >= 15 is 0 Å². The molecule has 3 nitrogen and oxygen atoms in total. The highest BCUT2D eigenvalue weighted by atomic mass is 35.5. The molecule has 0 spiro atoms. The van der Waals surface area contributed by atoms with Crippen molar-refractivity contribution in [3.05, 3.63) is 50.9 Å². The van der Waals surface area contributed by atoms with Gasteiger partial charge in [-0.3, -0.25) is 4.79 Å². The number of thiophene rings is 1. The SMILES string of the molecule is O=C1c2c(sc3c2CCCC3)NCN1Cc1ccc(Cl)cc1. The molecular weight excluding hydrogens is 316 g/mol. The lowest BCUT2D eigenvalue weighted by atomic mass is 9.94. The summed E-state index contributed by atoms with van der Waals surface area (Å²) in [6.45, 7) is 1.20. The van der Waals surface area contributed by atoms with E-state index in [-0.39, 0.29) is 5.91 Å². The lowest BCUT2D eigenvalue weighted by molar-refractivity contribution is 0.0746. The fourth-order valence-corrected chi connectivity index (χ4v) is 4.65. The number of aryl methyl sites for hydroxylation is 1. The maximum Gasteiger partial charge on any atom is 0.258 e. The monoisotopic (exact) mass is 332 g/mol. The second kappa shape index (κ2) is 5.60. The predicted molar refractivity (Wildman–Crippen MR) is 90.8 cm³/mol. The first-order valence-corrected chi connectivity index (χ1v) is 8.84. The van der Waals surface area contributed by atoms with E-state index in [0.29, 0.717) is 13.2 Å². The summed E-state index contributed by atoms with van der Waals surface area (Å²) in [5.41, 5.74) is 3.33. The fourth-order valence-electron chi connectivity index (χ4n) is 3.25. The summed E-state index contributed by atoms with van der Waals surface area (Å²) >= 11 is 7.70. The molecule has 0 saturated heterocycles. The van der Waals surface area contributed by atoms with Gasteiger partial charge in [0, 0.05) is 16.4 Å². The Hall–Kier alpha value is -1.52. The molecule has 0 unspecified atom stereocenters. The lowest BCUT2D eigenvalue weighted by Crippen LogP contribution is -2.39. The van der Waals surface area contributed by atoms with Crippen molar-refractivity contribution in [3.63, 3.8) is 0 Å². The summed E-state index contributed by atoms with van der Waals surface area (Å²) in [6.07, 6.45) is 4.61. The molecule has 5 heteroatoms. The van der Waals surface area contributed by atoms with E-state index in [4.69, 9.17) is 11.6 Å². The molecule has 114 valence electrons. The van der Waals surface area contributed by atoms with Crippen molar-refractivity contribution in [1.29, 1.82) is 0 Å². The number of anilines is 1. The Bertz CT molecular complexity index is 723. The van der Waals surface area contributed by atoms with Gasteiger partial charge >= 0.3 is 0 Å². The van der Waals surface area contributed by atoms with Gasteiger partial charge < -0.3 is 10.2 Å². The van der Waals surface area contributed by atoms with Crippen molar-refractivity contribution in [2.24, 2.45) is 0 Å². The summed E-state index contributed by atoms with van der Waals surface area (Å²) in [6, 6.07) is 7.70. The Balaban J connectivity index is 1.61. The molecule has 0 fully saturated rings. The van der Waals surface area contributed by atoms with Crippen LogP contribution in [0.15, 0.2) is 24.3 Å². The maximum absolute atomic E-state index is 12.9. The zero-order valence-corrected chi connectivity index (χ0v) is 13.8. The number of amides is 1. The fraction of sp³-hybridized carbons (Fsp3) is 0.353. The minimum atomic E-state index is 0.170. The number of nitrogens with one attached hydrogen (secondary N) is 1. The average molecular weight is 333 g/mol. The molecule has 0 atom stereocenters. The van der Waals surface area contributed by atoms with Gasteiger partial charge in [0.25, 0.3) is 5.91 Å². The molecule has 1 aliphatic heterocycles. The van der Waals surface area contributed by atoms with Crippen LogP contribution in [0.2, 0.25) is 5.02 Å². The molecule has 4 rings (SSSR count). The molecule has 0 radical (unpaired) electrons. The zero-order valence-electron chi connectivity index (χ0n) is 12.2. The first-order chi connectivity index (χ1) is 10.7. The van der Waals surface area contributed by atoms with E-state index in [1.54, 1.807) is 11.3 Å². The van der Waals surface area contributed by atoms with Gasteiger partial charge in [-0.1, -0.05) is 23.7 Å². The van der Waals surface area contributed by atoms with Crippen LogP contribution < -0.4 is 5.32 Å². The summed E-state index contributed by atoms with van der Waals surface area (Å²) < 4.78 is 0. The third kappa shape index (κ3) is 2.40. The van der Waals surface area contributed by atoms with Crippen molar-refractivity contribution in [2.45, 2.75) is 32.2 Å². The molecule has 1 aliphatic carbocycles. The molecule has 2 aromatic rings. The van der Waals surface area contributed by atoms with E-state index in [2.05, 4.69) is 5.32 Å². The van der Waals surface area contributed by atoms with Crippen molar-refractivity contribution >= 4 is 33.8 Å². The van der Waals surface area contributed by atoms with Gasteiger partial charge in [0.15, 0.2) is 0 Å². The van der Waals surface area contributed by atoms with Crippen LogP contribution in [0.4, 0.5) is 5.00 Å². The van der Waals surface area contributed by atoms with Gasteiger partial charge in [-0.25, -0.2) is 0 Å². The molecule has 0 saturated carbocycles. The van der Waals surface area contributed by atoms with Crippen LogP contribution in [0, 0.1) is 0 Å². The number of carbonyl (C=O) groups excluding carboxylic acids is 1. The van der Waals surface area contributed by atoms with E-state index in [1.165, 1.54) is 23.3 Å². The van der Waals surface area contributed by atoms with Gasteiger partial charge in [0.05, 0.1) is 12.2 Å². The van der Waals surface area contributed by atoms with E-state index in [1.807, 2.05) is 29.2 Å². The molecule has 2 heterocycles. The number of nitrogens with zero attached hydrogens (tertiary/aromatic N) is 1. The van der Waals surface area contributed by atoms with Crippen molar-refractivity contribution in [2.75, 3.05) is 12.0 Å². The van der Waals surface area contributed by atoms with Gasteiger partial charge in [-0.05, 0) is 48.9 Å². The number of fused-ring (bicyclic) bond motifs is 3. The smallest absolute Gasteiger partial charge is 0.258 e. The minimum absolute atomic E-state index is 0.170. The molecule has 1 aromatic heterocycles. The quantitative estimate of drug-likeness (QED) is 0.889. The van der Waals surface area contributed by atoms with Crippen LogP contribution in [0.1, 0.15) is 39.2 Å². The Labute approximate surface area is 138 Å². The number of rotatable bonds is 2. The largest absolute Gasteiger partial charge is 0.359 e. The Morgan fingerprint density at radius 1 is 1.18 bits per heavy atom. The van der Waals surface area contributed by atoms with Gasteiger partial charge in [-0.2, -0.15) is 0 Å². The van der Waals surface area contributed by atoms with Crippen LogP contribution in [0.3, 0.4) is 0 Å². The van der Waals surface area contributed by atoms with Crippen LogP contribution in [-0.2, 0) is 19.4 Å². The number of benzene rings is 1. The molecular formula is C17H17ClN2OS. The third-order valence-corrected chi connectivity index (χ3v) is 5.89. The molecule has 2 aliphatic rings. The predicted octanol–water partition coefficient (Wildman–Crippen LogP) is 4.31. The van der Waals surface area contributed by atoms with E-state index < -0.39 is 0 Å². The van der Waals surface area contributed by atoms with Gasteiger partial charge in [0.1, 0.15) is 5.00 Å². The first-order valence-electron chi connectivity index (χ1n) is 7.64. The van der Waals surface area contributed by atoms with Crippen molar-refractivity contribution < 1.29 is 4.79 Å². The molecule has 22 heavy (non-hydrogen) atoms. The molecule has 1 N–H and O–H groups in total. The lowest BCUT2D eigenvalue weighted by Gasteiger charge is -2.29. The second-order valence-electron chi connectivity index (χ2n) is 5.88. The zero-order chi connectivity index (χ0) is 15.1. The average Bonchev–Trinajstić information content (AvgIpc) is 2.91. The summed E-state index contributed by atoms with van der Waals surface area (Å²) in [5, 5.41) is 5.23. The number of carbonyl (C=O) groups is 1. The standard InChI is InChI=1S/C17H17ClN2OS/c18-12-7-5-11(6-8-12)9-20-10-19-16-15(17(20)21)13-3-1-2-4-14(13)22-16/h5-8,19H,1-4,9-10H2. The highest BCUT2D eigenvalue weighted by Gasteiger charge is 2.31. The molecule has 1 aromatic carbocycles. The topological polar surface area (TPSA) is 32.3 Å². The summed E-state index contributed by atoms with van der Waals surface area (Å²) in [7, 11) is 0. The highest BCUT2D eigenvalue weighted by Crippen LogP contribution is 2.40. The van der Waals surface area contributed by atoms with Crippen molar-refractivity contribution in [3.8, 4) is 0 Å². The number of halogens is 1. The van der Waals surface area contributed by atoms with Crippen LogP contribution >= 0.6 is 22.9 Å². The molecule has 0 bridgehead atoms. The highest BCUT2D eigenvalue weighted by molar-refractivity contribution is 7.16. The Morgan fingerprint density at radius 2 is 1.95 bits per heavy atom. The van der Waals surface area contributed by atoms with E-state index in [9.17, 15) is 4.79 Å². The third-order valence-electron chi connectivity index (χ3n) is 4.39. The van der Waals surface area contributed by atoms with Gasteiger partial charge in [0.2, 0.25) is 0 Å². The van der Waals surface area contributed by atoms with Gasteiger partial charge in [-0.15, -0.1) is 11.3 Å². The first kappa shape index (κ1) is 14.1. The Morgan fingerprint density at radius 3 is 2.77 bits per heavy atom. The summed E-state index contributed by atoms with van der Waals surface area (Å²) in [5.74, 6) is 0.170. The maximum atomic E-state index is 12.9. The minimum Gasteiger partial charge on any atom is -0.359 e. The number of hydrogen-bond donors (Lipinski definition) is 1. The molecule has 1 amide bonds. The Kier molecular flexibility index (Phi) is 3.59. The van der Waals surface area contributed by atoms with Crippen LogP contribution in [0.5, 0.6) is 0 Å². The van der Waals surface area contributed by atoms with Crippen LogP contribution in [-0.4, -0.2) is 17.5 Å². The second-order valence-corrected chi connectivity index (χ2v) is 7.42. The summed E-state index contributed by atoms with van der Waals surface area (Å²) in [4.78, 5) is 16.2. The van der Waals surface area contributed by atoms with E-state index in [0.717, 1.165) is 34.0 Å². The van der Waals surface area contributed by atoms with Crippen molar-refractivity contribution in [1.82, 2.24) is 4.90 Å². The normalized spacial score (nSPS) is 17.0. The van der Waals surface area contributed by atoms with Crippen LogP contribution in [0.25, 0.3) is 0 Å².